The van der Waals surface area contributed by atoms with Crippen LogP contribution in [0.15, 0.2) is 158 Å². The summed E-state index contributed by atoms with van der Waals surface area (Å²) in [5, 5.41) is 49.4. The number of halogens is 3. The largest absolute Gasteiger partial charge is 0.374 e. The number of hydrogen-bond donors (Lipinski definition) is 2. The van der Waals surface area contributed by atoms with Crippen LogP contribution in [0.1, 0.15) is 56.4 Å². The Bertz CT molecular complexity index is 3660. The first-order valence-electron chi connectivity index (χ1n) is 21.3. The van der Waals surface area contributed by atoms with E-state index < -0.39 is 11.2 Å². The highest BCUT2D eigenvalue weighted by atomic mass is 35.5. The Morgan fingerprint density at radius 3 is 1.97 bits per heavy atom. The fourth-order valence-electron chi connectivity index (χ4n) is 9.12. The summed E-state index contributed by atoms with van der Waals surface area (Å²) >= 11 is 20.8. The number of rotatable bonds is 10. The lowest BCUT2D eigenvalue weighted by Crippen LogP contribution is -2.32. The minimum absolute atomic E-state index is 0.112. The number of pyridine rings is 3. The standard InChI is InChI=1S/C54H36Cl3N9O2/c1-65-31-60-29-45(65)53(67,35-16-19-38(55)20-17-35)37-23-34(51-40(26-37)50(56)49(52(57)64-51)33-13-7-4-8-14-33)24-47-62-30-46(66(47)2)54(68,44-15-9-10-22-61-44)36-18-21-42-39(25-36)41(27-58)48(43(28-59)63-42)32-11-5-3-6-12-32/h3-23,25-26,29-31,67-68H,24H2,1-2H3. The maximum Gasteiger partial charge on any atom is 0.173 e. The van der Waals surface area contributed by atoms with Crippen LogP contribution < -0.4 is 0 Å². The van der Waals surface area contributed by atoms with Crippen molar-refractivity contribution in [1.82, 2.24) is 34.1 Å². The lowest BCUT2D eigenvalue weighted by molar-refractivity contribution is 0.112. The molecule has 11 nitrogen and oxygen atoms in total. The molecule has 10 aromatic rings. The predicted molar refractivity (Wildman–Crippen MR) is 263 cm³/mol. The highest BCUT2D eigenvalue weighted by Crippen LogP contribution is 2.45. The van der Waals surface area contributed by atoms with Crippen molar-refractivity contribution in [2.45, 2.75) is 17.6 Å². The van der Waals surface area contributed by atoms with Crippen LogP contribution in [0.3, 0.4) is 0 Å². The number of hydrogen-bond acceptors (Lipinski definition) is 9. The van der Waals surface area contributed by atoms with Crippen molar-refractivity contribution in [3.63, 3.8) is 0 Å². The van der Waals surface area contributed by atoms with Crippen molar-refractivity contribution in [2.24, 2.45) is 14.1 Å². The second kappa shape index (κ2) is 17.5. The zero-order chi connectivity index (χ0) is 47.3. The summed E-state index contributed by atoms with van der Waals surface area (Å²) in [6.45, 7) is 0. The number of aromatic nitrogens is 7. The molecule has 14 heteroatoms. The molecule has 0 aliphatic rings. The van der Waals surface area contributed by atoms with Crippen molar-refractivity contribution >= 4 is 56.6 Å². The van der Waals surface area contributed by atoms with Crippen molar-refractivity contribution in [2.75, 3.05) is 0 Å². The smallest absolute Gasteiger partial charge is 0.173 e. The number of aliphatic hydroxyl groups is 2. The molecule has 0 radical (unpaired) electrons. The molecule has 0 aliphatic heterocycles. The average molecular weight is 949 g/mol. The normalized spacial score (nSPS) is 13.2. The van der Waals surface area contributed by atoms with E-state index >= 15 is 0 Å². The Balaban J connectivity index is 1.18. The van der Waals surface area contributed by atoms with Crippen LogP contribution in [0.25, 0.3) is 44.1 Å². The molecular weight excluding hydrogens is 913 g/mol. The second-order valence-corrected chi connectivity index (χ2v) is 17.5. The number of nitriles is 2. The molecule has 330 valence electrons. The van der Waals surface area contributed by atoms with Crippen molar-refractivity contribution in [3.8, 4) is 34.4 Å². The lowest BCUT2D eigenvalue weighted by atomic mass is 9.81. The monoisotopic (exact) mass is 947 g/mol. The quantitative estimate of drug-likeness (QED) is 0.127. The van der Waals surface area contributed by atoms with E-state index in [-0.39, 0.29) is 22.8 Å². The third-order valence-corrected chi connectivity index (χ3v) is 13.4. The number of nitrogens with zero attached hydrogens (tertiary/aromatic N) is 9. The van der Waals surface area contributed by atoms with Crippen LogP contribution in [0.4, 0.5) is 0 Å². The van der Waals surface area contributed by atoms with Gasteiger partial charge in [0.15, 0.2) is 11.2 Å². The molecule has 5 aromatic carbocycles. The van der Waals surface area contributed by atoms with Gasteiger partial charge in [0.1, 0.15) is 28.8 Å². The highest BCUT2D eigenvalue weighted by molar-refractivity contribution is 6.42. The van der Waals surface area contributed by atoms with Gasteiger partial charge in [-0.3, -0.25) is 4.98 Å². The van der Waals surface area contributed by atoms with E-state index in [0.717, 1.165) is 5.56 Å². The van der Waals surface area contributed by atoms with Crippen LogP contribution in [0.5, 0.6) is 0 Å². The minimum Gasteiger partial charge on any atom is -0.374 e. The van der Waals surface area contributed by atoms with E-state index in [1.807, 2.05) is 79.8 Å². The molecule has 0 bridgehead atoms. The summed E-state index contributed by atoms with van der Waals surface area (Å²) in [6.07, 6.45) is 6.56. The first-order chi connectivity index (χ1) is 32.9. The SMILES string of the molecule is Cn1cncc1C(O)(c1ccc(Cl)cc1)c1cc(Cc2ncc(C(O)(c3ccc4nc(C#N)c(-c5ccccc5)c(C#N)c4c3)c3ccccn3)n2C)c2nc(Cl)c(-c3ccccc3)c(Cl)c2c1. The molecule has 0 spiro atoms. The average Bonchev–Trinajstić information content (AvgIpc) is 3.98. The van der Waals surface area contributed by atoms with Gasteiger partial charge in [0.2, 0.25) is 0 Å². The van der Waals surface area contributed by atoms with Crippen molar-refractivity contribution < 1.29 is 10.2 Å². The Hall–Kier alpha value is -7.74. The van der Waals surface area contributed by atoms with E-state index in [0.29, 0.717) is 93.7 Å². The van der Waals surface area contributed by atoms with Crippen LogP contribution in [0.2, 0.25) is 15.2 Å². The third-order valence-electron chi connectivity index (χ3n) is 12.5. The first kappa shape index (κ1) is 44.1. The van der Waals surface area contributed by atoms with E-state index in [4.69, 9.17) is 44.8 Å². The van der Waals surface area contributed by atoms with E-state index in [1.54, 1.807) is 102 Å². The summed E-state index contributed by atoms with van der Waals surface area (Å²) < 4.78 is 3.55. The number of aryl methyl sites for hydroxylation is 1. The van der Waals surface area contributed by atoms with Crippen molar-refractivity contribution in [1.29, 1.82) is 10.5 Å². The predicted octanol–water partition coefficient (Wildman–Crippen LogP) is 10.8. The molecule has 0 aliphatic carbocycles. The third kappa shape index (κ3) is 7.26. The molecule has 5 heterocycles. The molecule has 10 rings (SSSR count). The fraction of sp³-hybridized carbons (Fsp3) is 0.0926. The van der Waals surface area contributed by atoms with Crippen LogP contribution in [0, 0.1) is 22.7 Å². The van der Waals surface area contributed by atoms with E-state index in [2.05, 4.69) is 27.1 Å². The van der Waals surface area contributed by atoms with E-state index in [9.17, 15) is 20.7 Å². The maximum atomic E-state index is 13.3. The molecule has 0 amide bonds. The molecule has 0 saturated carbocycles. The number of fused-ring (bicyclic) bond motifs is 2. The molecule has 5 aromatic heterocycles. The van der Waals surface area contributed by atoms with Gasteiger partial charge in [-0.2, -0.15) is 10.5 Å². The number of imidazole rings is 2. The van der Waals surface area contributed by atoms with E-state index in [1.165, 1.54) is 0 Å². The second-order valence-electron chi connectivity index (χ2n) is 16.3. The zero-order valence-corrected chi connectivity index (χ0v) is 38.5. The van der Waals surface area contributed by atoms with Gasteiger partial charge in [-0.15, -0.1) is 0 Å². The van der Waals surface area contributed by atoms with Gasteiger partial charge in [0.05, 0.1) is 57.4 Å². The van der Waals surface area contributed by atoms with Gasteiger partial charge in [-0.05, 0) is 81.9 Å². The molecule has 2 atom stereocenters. The van der Waals surface area contributed by atoms with Gasteiger partial charge >= 0.3 is 0 Å². The molecule has 2 unspecified atom stereocenters. The molecular formula is C54H36Cl3N9O2. The Labute approximate surface area is 405 Å². The van der Waals surface area contributed by atoms with Crippen LogP contribution in [-0.2, 0) is 31.7 Å². The topological polar surface area (TPSA) is 162 Å². The summed E-state index contributed by atoms with van der Waals surface area (Å²) in [4.78, 5) is 23.6. The van der Waals surface area contributed by atoms with Gasteiger partial charge < -0.3 is 19.3 Å². The molecule has 68 heavy (non-hydrogen) atoms. The summed E-state index contributed by atoms with van der Waals surface area (Å²) in [6, 6.07) is 44.2. The first-order valence-corrected chi connectivity index (χ1v) is 22.4. The lowest BCUT2D eigenvalue weighted by Gasteiger charge is -2.31. The van der Waals surface area contributed by atoms with Crippen LogP contribution in [-0.4, -0.2) is 44.3 Å². The summed E-state index contributed by atoms with van der Waals surface area (Å²) in [7, 11) is 3.61. The summed E-state index contributed by atoms with van der Waals surface area (Å²) in [5.74, 6) is 0.509. The van der Waals surface area contributed by atoms with Gasteiger partial charge in [0, 0.05) is 53.6 Å². The van der Waals surface area contributed by atoms with Crippen molar-refractivity contribution in [3.05, 3.63) is 230 Å². The Morgan fingerprint density at radius 2 is 1.32 bits per heavy atom. The molecule has 0 saturated heterocycles. The van der Waals surface area contributed by atoms with Gasteiger partial charge in [-0.1, -0.05) is 120 Å². The minimum atomic E-state index is -1.93. The van der Waals surface area contributed by atoms with Gasteiger partial charge in [0.25, 0.3) is 0 Å². The zero-order valence-electron chi connectivity index (χ0n) is 36.3. The van der Waals surface area contributed by atoms with Gasteiger partial charge in [-0.25, -0.2) is 19.9 Å². The van der Waals surface area contributed by atoms with Crippen LogP contribution >= 0.6 is 34.8 Å². The molecule has 2 N–H and O–H groups in total. The fourth-order valence-corrected chi connectivity index (χ4v) is 9.93. The highest BCUT2D eigenvalue weighted by Gasteiger charge is 2.41. The number of benzene rings is 5. The Kier molecular flexibility index (Phi) is 11.3. The summed E-state index contributed by atoms with van der Waals surface area (Å²) in [5.41, 5.74) is 3.01. The maximum absolute atomic E-state index is 13.3. The molecule has 0 fully saturated rings. The Morgan fingerprint density at radius 1 is 0.647 bits per heavy atom.